The second-order valence-electron chi connectivity index (χ2n) is 5.55. The Labute approximate surface area is 139 Å². The Hall–Kier alpha value is -2.55. The zero-order chi connectivity index (χ0) is 17.0. The lowest BCUT2D eigenvalue weighted by Gasteiger charge is -2.11. The van der Waals surface area contributed by atoms with E-state index in [1.807, 2.05) is 12.1 Å². The number of anilines is 1. The van der Waals surface area contributed by atoms with Crippen molar-refractivity contribution in [2.75, 3.05) is 16.8 Å². The van der Waals surface area contributed by atoms with Gasteiger partial charge in [0.15, 0.2) is 9.84 Å². The zero-order valence-corrected chi connectivity index (χ0v) is 13.7. The molecule has 126 valence electrons. The molecule has 1 unspecified atom stereocenters. The Morgan fingerprint density at radius 3 is 2.71 bits per heavy atom. The first kappa shape index (κ1) is 16.3. The molecule has 1 saturated heterocycles. The Morgan fingerprint density at radius 2 is 2.00 bits per heavy atom. The number of hydrogen-bond acceptors (Lipinski definition) is 7. The smallest absolute Gasteiger partial charge is 0.270 e. The first-order valence-electron chi connectivity index (χ1n) is 7.49. The van der Waals surface area contributed by atoms with Gasteiger partial charge >= 0.3 is 0 Å². The molecule has 1 aliphatic rings. The highest BCUT2D eigenvalue weighted by molar-refractivity contribution is 7.91. The molecule has 0 spiro atoms. The van der Waals surface area contributed by atoms with Crippen LogP contribution in [0.3, 0.4) is 0 Å². The molecule has 8 nitrogen and oxygen atoms in total. The maximum Gasteiger partial charge on any atom is 0.270 e. The summed E-state index contributed by atoms with van der Waals surface area (Å²) in [6, 6.07) is 4.87. The molecule has 3 rings (SSSR count). The average molecular weight is 347 g/mol. The van der Waals surface area contributed by atoms with Crippen LogP contribution in [0.2, 0.25) is 0 Å². The largest absolute Gasteiger partial charge is 0.350 e. The van der Waals surface area contributed by atoms with Gasteiger partial charge in [-0.05, 0) is 30.2 Å². The predicted molar refractivity (Wildman–Crippen MR) is 88.1 cm³/mol. The number of nitrogens with zero attached hydrogens (tertiary/aromatic N) is 3. The van der Waals surface area contributed by atoms with Crippen molar-refractivity contribution in [3.8, 4) is 0 Å². The molecule has 0 aromatic carbocycles. The lowest BCUT2D eigenvalue weighted by molar-refractivity contribution is 0.0936. The number of nitrogens with one attached hydrogen (secondary N) is 2. The average Bonchev–Trinajstić information content (AvgIpc) is 2.93. The van der Waals surface area contributed by atoms with Crippen LogP contribution in [0.25, 0.3) is 0 Å². The lowest BCUT2D eigenvalue weighted by atomic mass is 10.2. The molecule has 0 radical (unpaired) electrons. The van der Waals surface area contributed by atoms with Gasteiger partial charge in [0, 0.05) is 31.2 Å². The van der Waals surface area contributed by atoms with Crippen molar-refractivity contribution in [2.24, 2.45) is 0 Å². The number of pyridine rings is 1. The highest BCUT2D eigenvalue weighted by Crippen LogP contribution is 2.12. The van der Waals surface area contributed by atoms with E-state index in [2.05, 4.69) is 25.6 Å². The number of carbonyl (C=O) groups excluding carboxylic acids is 1. The first-order valence-corrected chi connectivity index (χ1v) is 9.31. The summed E-state index contributed by atoms with van der Waals surface area (Å²) in [5, 5.41) is 5.74. The number of sulfone groups is 1. The molecule has 1 amide bonds. The molecule has 9 heteroatoms. The van der Waals surface area contributed by atoms with Gasteiger partial charge in [-0.15, -0.1) is 0 Å². The Morgan fingerprint density at radius 1 is 1.21 bits per heavy atom. The van der Waals surface area contributed by atoms with Crippen LogP contribution >= 0.6 is 0 Å². The normalized spacial score (nSPS) is 18.9. The topological polar surface area (TPSA) is 114 Å². The fourth-order valence-corrected chi connectivity index (χ4v) is 4.09. The minimum atomic E-state index is -3.04. The fraction of sp³-hybridized carbons (Fsp3) is 0.333. The zero-order valence-electron chi connectivity index (χ0n) is 12.8. The van der Waals surface area contributed by atoms with E-state index in [9.17, 15) is 13.2 Å². The third kappa shape index (κ3) is 4.25. The monoisotopic (exact) mass is 347 g/mol. The van der Waals surface area contributed by atoms with E-state index >= 15 is 0 Å². The van der Waals surface area contributed by atoms with Crippen molar-refractivity contribution in [1.82, 2.24) is 20.3 Å². The third-order valence-electron chi connectivity index (χ3n) is 3.66. The van der Waals surface area contributed by atoms with Crippen LogP contribution < -0.4 is 10.6 Å². The maximum atomic E-state index is 12.2. The summed E-state index contributed by atoms with van der Waals surface area (Å²) in [5.74, 6) is 0.0298. The third-order valence-corrected chi connectivity index (χ3v) is 5.42. The summed E-state index contributed by atoms with van der Waals surface area (Å²) in [7, 11) is -3.04. The Balaban J connectivity index is 1.61. The number of aromatic nitrogens is 3. The standard InChI is InChI=1S/C15H17N5O3S/c21-14(19-12-4-8-24(22,23)10-12)13-3-7-17-15(20-13)18-9-11-1-5-16-6-2-11/h1-3,5-7,12H,4,8-10H2,(H,19,21)(H,17,18,20). The van der Waals surface area contributed by atoms with Crippen LogP contribution in [-0.2, 0) is 16.4 Å². The molecule has 0 aliphatic carbocycles. The van der Waals surface area contributed by atoms with Gasteiger partial charge in [-0.3, -0.25) is 9.78 Å². The SMILES string of the molecule is O=C(NC1CCS(=O)(=O)C1)c1ccnc(NCc2ccncc2)n1. The molecule has 0 saturated carbocycles. The van der Waals surface area contributed by atoms with Gasteiger partial charge in [0.1, 0.15) is 5.69 Å². The fourth-order valence-electron chi connectivity index (χ4n) is 2.42. The van der Waals surface area contributed by atoms with Crippen LogP contribution in [0.4, 0.5) is 5.95 Å². The molecule has 2 N–H and O–H groups in total. The molecule has 24 heavy (non-hydrogen) atoms. The van der Waals surface area contributed by atoms with Gasteiger partial charge in [0.2, 0.25) is 5.95 Å². The van der Waals surface area contributed by atoms with Gasteiger partial charge in [-0.25, -0.2) is 18.4 Å². The lowest BCUT2D eigenvalue weighted by Crippen LogP contribution is -2.36. The first-order chi connectivity index (χ1) is 11.5. The van der Waals surface area contributed by atoms with E-state index in [-0.39, 0.29) is 23.2 Å². The molecular formula is C15H17N5O3S. The van der Waals surface area contributed by atoms with Crippen molar-refractivity contribution >= 4 is 21.7 Å². The number of carbonyl (C=O) groups is 1. The van der Waals surface area contributed by atoms with Gasteiger partial charge in [-0.1, -0.05) is 0 Å². The van der Waals surface area contributed by atoms with Crippen molar-refractivity contribution in [1.29, 1.82) is 0 Å². The van der Waals surface area contributed by atoms with Gasteiger partial charge < -0.3 is 10.6 Å². The molecular weight excluding hydrogens is 330 g/mol. The summed E-state index contributed by atoms with van der Waals surface area (Å²) >= 11 is 0. The van der Waals surface area contributed by atoms with Crippen molar-refractivity contribution < 1.29 is 13.2 Å². The van der Waals surface area contributed by atoms with Crippen molar-refractivity contribution in [3.05, 3.63) is 48.0 Å². The van der Waals surface area contributed by atoms with Crippen LogP contribution in [0.5, 0.6) is 0 Å². The van der Waals surface area contributed by atoms with E-state index in [1.165, 1.54) is 12.3 Å². The van der Waals surface area contributed by atoms with Crippen molar-refractivity contribution in [2.45, 2.75) is 19.0 Å². The Bertz CT molecular complexity index is 826. The summed E-state index contributed by atoms with van der Waals surface area (Å²) in [4.78, 5) is 24.4. The minimum Gasteiger partial charge on any atom is -0.350 e. The maximum absolute atomic E-state index is 12.2. The molecule has 1 aliphatic heterocycles. The van der Waals surface area contributed by atoms with Crippen LogP contribution in [0.1, 0.15) is 22.5 Å². The van der Waals surface area contributed by atoms with Gasteiger partial charge in [-0.2, -0.15) is 0 Å². The minimum absolute atomic E-state index is 0.0169. The highest BCUT2D eigenvalue weighted by atomic mass is 32.2. The molecule has 0 bridgehead atoms. The van der Waals surface area contributed by atoms with E-state index in [1.54, 1.807) is 12.4 Å². The number of amides is 1. The molecule has 3 heterocycles. The summed E-state index contributed by atoms with van der Waals surface area (Å²) in [5.41, 5.74) is 1.21. The quantitative estimate of drug-likeness (QED) is 0.804. The van der Waals surface area contributed by atoms with E-state index in [0.29, 0.717) is 18.9 Å². The van der Waals surface area contributed by atoms with Gasteiger partial charge in [0.05, 0.1) is 11.5 Å². The number of rotatable bonds is 5. The molecule has 2 aromatic heterocycles. The molecule has 2 aromatic rings. The summed E-state index contributed by atoms with van der Waals surface area (Å²) in [6.07, 6.45) is 5.31. The van der Waals surface area contributed by atoms with Gasteiger partial charge in [0.25, 0.3) is 5.91 Å². The van der Waals surface area contributed by atoms with Crippen LogP contribution in [0.15, 0.2) is 36.8 Å². The second kappa shape index (κ2) is 6.91. The highest BCUT2D eigenvalue weighted by Gasteiger charge is 2.29. The predicted octanol–water partition coefficient (Wildman–Crippen LogP) is 0.401. The second-order valence-corrected chi connectivity index (χ2v) is 7.78. The van der Waals surface area contributed by atoms with Crippen molar-refractivity contribution in [3.63, 3.8) is 0 Å². The van der Waals surface area contributed by atoms with E-state index < -0.39 is 15.7 Å². The molecule has 1 atom stereocenters. The molecule has 1 fully saturated rings. The Kier molecular flexibility index (Phi) is 4.70. The van der Waals surface area contributed by atoms with Crippen LogP contribution in [0, 0.1) is 0 Å². The number of hydrogen-bond donors (Lipinski definition) is 2. The van der Waals surface area contributed by atoms with E-state index in [0.717, 1.165) is 5.56 Å². The van der Waals surface area contributed by atoms with Crippen LogP contribution in [-0.4, -0.2) is 46.8 Å². The summed E-state index contributed by atoms with van der Waals surface area (Å²) in [6.45, 7) is 0.508. The summed E-state index contributed by atoms with van der Waals surface area (Å²) < 4.78 is 22.9. The van der Waals surface area contributed by atoms with E-state index in [4.69, 9.17) is 0 Å².